The van der Waals surface area contributed by atoms with Gasteiger partial charge in [-0.25, -0.2) is 4.57 Å². The number of para-hydroxylation sites is 1. The van der Waals surface area contributed by atoms with Crippen LogP contribution in [-0.2, 0) is 9.09 Å². The maximum Gasteiger partial charge on any atom is 0.379 e. The third kappa shape index (κ3) is 20.3. The van der Waals surface area contributed by atoms with Crippen LogP contribution in [-0.4, -0.2) is 12.8 Å². The minimum Gasteiger partial charge on any atom is -0.424 e. The van der Waals surface area contributed by atoms with Crippen LogP contribution in [0, 0.1) is 0 Å². The van der Waals surface area contributed by atoms with Gasteiger partial charge in [0.25, 0.3) is 0 Å². The van der Waals surface area contributed by atoms with Crippen LogP contribution in [0.2, 0.25) is 0 Å². The molecule has 0 saturated carbocycles. The summed E-state index contributed by atoms with van der Waals surface area (Å²) in [5.74, 6) is 0.655. The largest absolute Gasteiger partial charge is 0.424 e. The van der Waals surface area contributed by atoms with Gasteiger partial charge in [-0.2, -0.15) is 0 Å². The summed E-state index contributed by atoms with van der Waals surface area (Å²) in [5, 5.41) is 0. The number of unbranched alkanes of at least 4 members (excludes halogenated alkanes) is 20. The predicted octanol–water partition coefficient (Wildman–Crippen LogP) is 11.9. The Labute approximate surface area is 225 Å². The van der Waals surface area contributed by atoms with Gasteiger partial charge in [0.05, 0.1) is 12.8 Å². The second-order valence-corrected chi connectivity index (χ2v) is 12.8. The van der Waals surface area contributed by atoms with Gasteiger partial charge in [-0.3, -0.25) is 4.52 Å². The first-order chi connectivity index (χ1) is 17.7. The molecular formula is C32H59O3P. The quantitative estimate of drug-likeness (QED) is 0.0851. The van der Waals surface area contributed by atoms with Crippen molar-refractivity contribution in [2.24, 2.45) is 0 Å². The third-order valence-corrected chi connectivity index (χ3v) is 8.99. The topological polar surface area (TPSA) is 35.5 Å². The van der Waals surface area contributed by atoms with Crippen molar-refractivity contribution in [3.63, 3.8) is 0 Å². The van der Waals surface area contributed by atoms with Gasteiger partial charge in [0.15, 0.2) is 0 Å². The zero-order valence-corrected chi connectivity index (χ0v) is 24.9. The molecule has 0 radical (unpaired) electrons. The highest BCUT2D eigenvalue weighted by atomic mass is 31.2. The molecule has 0 fully saturated rings. The highest BCUT2D eigenvalue weighted by Gasteiger charge is 2.25. The third-order valence-electron chi connectivity index (χ3n) is 7.06. The molecule has 0 bridgehead atoms. The Balaban J connectivity index is 2.17. The fourth-order valence-corrected chi connectivity index (χ4v) is 6.45. The molecule has 1 aromatic rings. The number of hydrogen-bond donors (Lipinski definition) is 0. The Morgan fingerprint density at radius 1 is 0.528 bits per heavy atom. The highest BCUT2D eigenvalue weighted by Crippen LogP contribution is 2.49. The van der Waals surface area contributed by atoms with E-state index in [1.807, 2.05) is 30.3 Å². The van der Waals surface area contributed by atoms with Crippen molar-refractivity contribution in [1.29, 1.82) is 0 Å². The summed E-state index contributed by atoms with van der Waals surface area (Å²) >= 11 is 0. The van der Waals surface area contributed by atoms with Gasteiger partial charge in [-0.1, -0.05) is 160 Å². The van der Waals surface area contributed by atoms with E-state index in [2.05, 4.69) is 13.8 Å². The van der Waals surface area contributed by atoms with Gasteiger partial charge in [0.1, 0.15) is 5.75 Å². The summed E-state index contributed by atoms with van der Waals surface area (Å²) in [6.45, 7) is 5.09. The minimum absolute atomic E-state index is 0.525. The van der Waals surface area contributed by atoms with E-state index in [1.165, 1.54) is 116 Å². The first-order valence-electron chi connectivity index (χ1n) is 15.7. The van der Waals surface area contributed by atoms with E-state index >= 15 is 0 Å². The van der Waals surface area contributed by atoms with E-state index in [9.17, 15) is 4.57 Å². The average Bonchev–Trinajstić information content (AvgIpc) is 2.88. The lowest BCUT2D eigenvalue weighted by Crippen LogP contribution is -2.04. The van der Waals surface area contributed by atoms with E-state index < -0.39 is 7.60 Å². The minimum atomic E-state index is -3.10. The molecule has 1 aromatic carbocycles. The molecule has 0 heterocycles. The maximum atomic E-state index is 13.5. The molecule has 3 nitrogen and oxygen atoms in total. The van der Waals surface area contributed by atoms with Gasteiger partial charge in [-0.15, -0.1) is 0 Å². The first kappa shape index (κ1) is 33.2. The van der Waals surface area contributed by atoms with Crippen molar-refractivity contribution in [1.82, 2.24) is 0 Å². The summed E-state index contributed by atoms with van der Waals surface area (Å²) in [5.41, 5.74) is 0. The Bertz CT molecular complexity index is 619. The maximum absolute atomic E-state index is 13.5. The van der Waals surface area contributed by atoms with Crippen LogP contribution in [0.3, 0.4) is 0 Å². The molecule has 0 aliphatic carbocycles. The molecule has 0 amide bonds. The summed E-state index contributed by atoms with van der Waals surface area (Å²) in [6.07, 6.45) is 28.9. The Hall–Kier alpha value is -0.790. The highest BCUT2D eigenvalue weighted by molar-refractivity contribution is 7.54. The van der Waals surface area contributed by atoms with Crippen molar-refractivity contribution < 1.29 is 13.6 Å². The number of benzene rings is 1. The smallest absolute Gasteiger partial charge is 0.379 e. The summed E-state index contributed by atoms with van der Waals surface area (Å²) < 4.78 is 25.3. The Morgan fingerprint density at radius 2 is 0.917 bits per heavy atom. The predicted molar refractivity (Wildman–Crippen MR) is 158 cm³/mol. The SMILES string of the molecule is CCCCCCCCCCCCCOP(=O)(CCCCCCCCCCCCC)Oc1ccccc1. The molecule has 4 heteroatoms. The van der Waals surface area contributed by atoms with Crippen LogP contribution in [0.4, 0.5) is 0 Å². The normalized spacial score (nSPS) is 13.1. The van der Waals surface area contributed by atoms with Crippen LogP contribution in [0.5, 0.6) is 5.75 Å². The van der Waals surface area contributed by atoms with Crippen molar-refractivity contribution >= 4 is 7.60 Å². The standard InChI is InChI=1S/C32H59O3P/c1-3-5-7-9-11-13-15-17-19-21-26-30-34-36(33,35-32-28-24-23-25-29-32)31-27-22-20-18-16-14-12-10-8-6-4-2/h23-25,28-29H,3-22,26-27,30-31H2,1-2H3. The van der Waals surface area contributed by atoms with Gasteiger partial charge in [-0.05, 0) is 25.0 Å². The molecule has 1 rings (SSSR count). The molecule has 0 aliphatic rings. The van der Waals surface area contributed by atoms with E-state index in [0.29, 0.717) is 18.5 Å². The molecule has 0 aromatic heterocycles. The number of rotatable bonds is 27. The average molecular weight is 523 g/mol. The van der Waals surface area contributed by atoms with Gasteiger partial charge < -0.3 is 4.52 Å². The first-order valence-corrected chi connectivity index (χ1v) is 17.4. The second kappa shape index (κ2) is 24.5. The second-order valence-electron chi connectivity index (χ2n) is 10.6. The molecule has 210 valence electrons. The summed E-state index contributed by atoms with van der Waals surface area (Å²) in [7, 11) is -3.10. The molecule has 0 N–H and O–H groups in total. The molecular weight excluding hydrogens is 463 g/mol. The lowest BCUT2D eigenvalue weighted by atomic mass is 10.1. The van der Waals surface area contributed by atoms with E-state index in [-0.39, 0.29) is 0 Å². The van der Waals surface area contributed by atoms with Crippen LogP contribution < -0.4 is 4.52 Å². The van der Waals surface area contributed by atoms with E-state index in [1.54, 1.807) is 0 Å². The summed E-state index contributed by atoms with van der Waals surface area (Å²) in [4.78, 5) is 0. The van der Waals surface area contributed by atoms with Gasteiger partial charge in [0.2, 0.25) is 0 Å². The van der Waals surface area contributed by atoms with E-state index in [4.69, 9.17) is 9.05 Å². The molecule has 0 spiro atoms. The molecule has 0 saturated heterocycles. The monoisotopic (exact) mass is 522 g/mol. The zero-order chi connectivity index (χ0) is 26.0. The summed E-state index contributed by atoms with van der Waals surface area (Å²) in [6, 6.07) is 9.54. The van der Waals surface area contributed by atoms with Crippen molar-refractivity contribution in [3.05, 3.63) is 30.3 Å². The molecule has 36 heavy (non-hydrogen) atoms. The van der Waals surface area contributed by atoms with E-state index in [0.717, 1.165) is 25.7 Å². The Morgan fingerprint density at radius 3 is 1.36 bits per heavy atom. The zero-order valence-electron chi connectivity index (χ0n) is 24.0. The lowest BCUT2D eigenvalue weighted by Gasteiger charge is -2.19. The van der Waals surface area contributed by atoms with Crippen LogP contribution in [0.15, 0.2) is 30.3 Å². The van der Waals surface area contributed by atoms with Crippen molar-refractivity contribution in [2.75, 3.05) is 12.8 Å². The fourth-order valence-electron chi connectivity index (χ4n) is 4.72. The van der Waals surface area contributed by atoms with Crippen LogP contribution in [0.1, 0.15) is 155 Å². The van der Waals surface area contributed by atoms with Gasteiger partial charge in [0, 0.05) is 0 Å². The van der Waals surface area contributed by atoms with Crippen molar-refractivity contribution in [2.45, 2.75) is 155 Å². The lowest BCUT2D eigenvalue weighted by molar-refractivity contribution is 0.256. The van der Waals surface area contributed by atoms with Crippen LogP contribution in [0.25, 0.3) is 0 Å². The van der Waals surface area contributed by atoms with Crippen molar-refractivity contribution in [3.8, 4) is 5.75 Å². The number of hydrogen-bond acceptors (Lipinski definition) is 3. The molecule has 1 unspecified atom stereocenters. The van der Waals surface area contributed by atoms with Gasteiger partial charge >= 0.3 is 7.60 Å². The molecule has 0 aliphatic heterocycles. The fraction of sp³-hybridized carbons (Fsp3) is 0.812. The van der Waals surface area contributed by atoms with Crippen LogP contribution >= 0.6 is 7.60 Å². The molecule has 1 atom stereocenters. The Kier molecular flexibility index (Phi) is 22.7.